The molecule has 0 aliphatic rings. The summed E-state index contributed by atoms with van der Waals surface area (Å²) >= 11 is 2.35. The Hall–Kier alpha value is 0.690. The quantitative estimate of drug-likeness (QED) is 0.514. The van der Waals surface area contributed by atoms with E-state index >= 15 is 0 Å². The fourth-order valence-corrected chi connectivity index (χ4v) is 1.15. The van der Waals surface area contributed by atoms with E-state index in [1.807, 2.05) is 0 Å². The van der Waals surface area contributed by atoms with Crippen molar-refractivity contribution >= 4 is 22.6 Å². The molecule has 1 atom stereocenters. The summed E-state index contributed by atoms with van der Waals surface area (Å²) in [5.74, 6) is 0. The third-order valence-corrected chi connectivity index (χ3v) is 1.54. The number of ether oxygens (including phenoxy) is 1. The largest absolute Gasteiger partial charge is 0.382 e. The Balaban J connectivity index is 2.83. The van der Waals surface area contributed by atoms with Gasteiger partial charge in [0.25, 0.3) is 0 Å². The first-order valence-corrected chi connectivity index (χ1v) is 3.92. The van der Waals surface area contributed by atoms with Crippen LogP contribution in [0.2, 0.25) is 0 Å². The SMILES string of the molecule is COC(C)CCI. The molecule has 0 amide bonds. The van der Waals surface area contributed by atoms with Crippen molar-refractivity contribution in [2.45, 2.75) is 19.4 Å². The number of hydrogen-bond donors (Lipinski definition) is 0. The third-order valence-electron chi connectivity index (χ3n) is 0.918. The summed E-state index contributed by atoms with van der Waals surface area (Å²) in [6, 6.07) is 0. The van der Waals surface area contributed by atoms with Crippen LogP contribution >= 0.6 is 22.6 Å². The summed E-state index contributed by atoms with van der Waals surface area (Å²) in [6.07, 6.45) is 1.61. The van der Waals surface area contributed by atoms with Gasteiger partial charge in [0, 0.05) is 11.5 Å². The minimum absolute atomic E-state index is 0.442. The average molecular weight is 214 g/mol. The molecule has 7 heavy (non-hydrogen) atoms. The predicted molar refractivity (Wildman–Crippen MR) is 40.0 cm³/mol. The molecular formula is C5H11IO. The lowest BCUT2D eigenvalue weighted by atomic mass is 10.3. The van der Waals surface area contributed by atoms with Gasteiger partial charge in [0.1, 0.15) is 0 Å². The van der Waals surface area contributed by atoms with Crippen LogP contribution in [0, 0.1) is 0 Å². The maximum atomic E-state index is 4.99. The molecular weight excluding hydrogens is 203 g/mol. The number of hydrogen-bond acceptors (Lipinski definition) is 1. The zero-order valence-corrected chi connectivity index (χ0v) is 6.94. The minimum atomic E-state index is 0.442. The van der Waals surface area contributed by atoms with Crippen molar-refractivity contribution in [3.63, 3.8) is 0 Å². The van der Waals surface area contributed by atoms with Crippen LogP contribution in [0.3, 0.4) is 0 Å². The standard InChI is InChI=1S/C5H11IO/c1-5(7-2)3-4-6/h5H,3-4H2,1-2H3. The summed E-state index contributed by atoms with van der Waals surface area (Å²) in [4.78, 5) is 0. The lowest BCUT2D eigenvalue weighted by Gasteiger charge is -2.03. The maximum Gasteiger partial charge on any atom is 0.0550 e. The summed E-state index contributed by atoms with van der Waals surface area (Å²) < 4.78 is 6.17. The molecule has 0 aromatic rings. The molecule has 0 aliphatic carbocycles. The Bertz CT molecular complexity index is 39.1. The second kappa shape index (κ2) is 4.84. The monoisotopic (exact) mass is 214 g/mol. The van der Waals surface area contributed by atoms with Crippen molar-refractivity contribution in [2.75, 3.05) is 11.5 Å². The van der Waals surface area contributed by atoms with Crippen molar-refractivity contribution in [3.05, 3.63) is 0 Å². The molecule has 0 aliphatic heterocycles. The van der Waals surface area contributed by atoms with Crippen LogP contribution in [-0.4, -0.2) is 17.6 Å². The molecule has 0 rings (SSSR count). The molecule has 0 spiro atoms. The smallest absolute Gasteiger partial charge is 0.0550 e. The van der Waals surface area contributed by atoms with Gasteiger partial charge in [0.15, 0.2) is 0 Å². The Kier molecular flexibility index (Phi) is 5.32. The highest BCUT2D eigenvalue weighted by molar-refractivity contribution is 14.1. The van der Waals surface area contributed by atoms with E-state index in [9.17, 15) is 0 Å². The molecule has 0 N–H and O–H groups in total. The second-order valence-electron chi connectivity index (χ2n) is 1.52. The first kappa shape index (κ1) is 7.69. The number of methoxy groups -OCH3 is 1. The van der Waals surface area contributed by atoms with Gasteiger partial charge in [-0.25, -0.2) is 0 Å². The van der Waals surface area contributed by atoms with E-state index in [-0.39, 0.29) is 0 Å². The number of alkyl halides is 1. The molecule has 2 heteroatoms. The lowest BCUT2D eigenvalue weighted by Crippen LogP contribution is -2.03. The number of rotatable bonds is 3. The van der Waals surface area contributed by atoms with E-state index in [0.717, 1.165) is 6.42 Å². The summed E-state index contributed by atoms with van der Waals surface area (Å²) in [5, 5.41) is 0. The minimum Gasteiger partial charge on any atom is -0.382 e. The molecule has 0 radical (unpaired) electrons. The fourth-order valence-electron chi connectivity index (χ4n) is 0.272. The Morgan fingerprint density at radius 3 is 2.43 bits per heavy atom. The van der Waals surface area contributed by atoms with E-state index in [0.29, 0.717) is 6.10 Å². The highest BCUT2D eigenvalue weighted by Gasteiger charge is 1.93. The van der Waals surface area contributed by atoms with Gasteiger partial charge in [-0.1, -0.05) is 22.6 Å². The van der Waals surface area contributed by atoms with Crippen molar-refractivity contribution in [1.29, 1.82) is 0 Å². The highest BCUT2D eigenvalue weighted by atomic mass is 127. The fraction of sp³-hybridized carbons (Fsp3) is 1.00. The summed E-state index contributed by atoms with van der Waals surface area (Å²) in [5.41, 5.74) is 0. The van der Waals surface area contributed by atoms with Gasteiger partial charge in [0.05, 0.1) is 6.10 Å². The van der Waals surface area contributed by atoms with E-state index < -0.39 is 0 Å². The van der Waals surface area contributed by atoms with Gasteiger partial charge >= 0.3 is 0 Å². The number of halogens is 1. The van der Waals surface area contributed by atoms with E-state index in [1.165, 1.54) is 4.43 Å². The van der Waals surface area contributed by atoms with Crippen LogP contribution in [0.4, 0.5) is 0 Å². The second-order valence-corrected chi connectivity index (χ2v) is 2.60. The summed E-state index contributed by atoms with van der Waals surface area (Å²) in [6.45, 7) is 2.08. The topological polar surface area (TPSA) is 9.23 Å². The van der Waals surface area contributed by atoms with Crippen molar-refractivity contribution in [2.24, 2.45) is 0 Å². The van der Waals surface area contributed by atoms with Crippen molar-refractivity contribution in [3.8, 4) is 0 Å². The van der Waals surface area contributed by atoms with Gasteiger partial charge in [-0.2, -0.15) is 0 Å². The zero-order chi connectivity index (χ0) is 5.70. The molecule has 1 unspecified atom stereocenters. The van der Waals surface area contributed by atoms with Crippen LogP contribution in [0.15, 0.2) is 0 Å². The molecule has 0 aromatic heterocycles. The highest BCUT2D eigenvalue weighted by Crippen LogP contribution is 1.97. The maximum absolute atomic E-state index is 4.99. The Morgan fingerprint density at radius 2 is 2.29 bits per heavy atom. The van der Waals surface area contributed by atoms with Gasteiger partial charge in [0.2, 0.25) is 0 Å². The van der Waals surface area contributed by atoms with E-state index in [1.54, 1.807) is 7.11 Å². The Morgan fingerprint density at radius 1 is 1.71 bits per heavy atom. The molecule has 0 bridgehead atoms. The first-order chi connectivity index (χ1) is 3.31. The molecule has 0 saturated carbocycles. The van der Waals surface area contributed by atoms with Crippen molar-refractivity contribution < 1.29 is 4.74 Å². The summed E-state index contributed by atoms with van der Waals surface area (Å²) in [7, 11) is 1.75. The van der Waals surface area contributed by atoms with Gasteiger partial charge in [-0.05, 0) is 13.3 Å². The Labute approximate surface area is 58.6 Å². The molecule has 0 heterocycles. The van der Waals surface area contributed by atoms with Crippen LogP contribution < -0.4 is 0 Å². The van der Waals surface area contributed by atoms with Gasteiger partial charge in [-0.15, -0.1) is 0 Å². The van der Waals surface area contributed by atoms with Crippen LogP contribution in [-0.2, 0) is 4.74 Å². The average Bonchev–Trinajstić information content (AvgIpc) is 1.68. The van der Waals surface area contributed by atoms with Crippen LogP contribution in [0.1, 0.15) is 13.3 Å². The normalized spacial score (nSPS) is 14.1. The van der Waals surface area contributed by atoms with Gasteiger partial charge in [-0.3, -0.25) is 0 Å². The van der Waals surface area contributed by atoms with Crippen molar-refractivity contribution in [1.82, 2.24) is 0 Å². The third kappa shape index (κ3) is 4.55. The van der Waals surface area contributed by atoms with Crippen LogP contribution in [0.5, 0.6) is 0 Å². The molecule has 44 valence electrons. The van der Waals surface area contributed by atoms with E-state index in [4.69, 9.17) is 4.74 Å². The lowest BCUT2D eigenvalue weighted by molar-refractivity contribution is 0.117. The molecule has 0 fully saturated rings. The van der Waals surface area contributed by atoms with Gasteiger partial charge < -0.3 is 4.74 Å². The zero-order valence-electron chi connectivity index (χ0n) is 4.78. The first-order valence-electron chi connectivity index (χ1n) is 2.40. The molecule has 1 nitrogen and oxygen atoms in total. The van der Waals surface area contributed by atoms with E-state index in [2.05, 4.69) is 29.5 Å². The molecule has 0 aromatic carbocycles. The van der Waals surface area contributed by atoms with Crippen LogP contribution in [0.25, 0.3) is 0 Å². The predicted octanol–water partition coefficient (Wildman–Crippen LogP) is 1.85. The molecule has 0 saturated heterocycles.